The summed E-state index contributed by atoms with van der Waals surface area (Å²) in [5.74, 6) is 0.456. The second-order valence-corrected chi connectivity index (χ2v) is 5.88. The van der Waals surface area contributed by atoms with Crippen molar-refractivity contribution >= 4 is 5.97 Å². The van der Waals surface area contributed by atoms with E-state index in [0.29, 0.717) is 24.4 Å². The number of morpholine rings is 1. The molecule has 1 aromatic carbocycles. The van der Waals surface area contributed by atoms with E-state index in [1.54, 1.807) is 29.2 Å². The number of carbonyl (C=O) groups excluding carboxylic acids is 1. The molecular weight excluding hydrogens is 282 g/mol. The SMILES string of the molecule is COC(=O)c1ccc(OCCC[NH+]2C[C@@H](C)O[C@@H](C)C2)cc1. The Labute approximate surface area is 132 Å². The van der Waals surface area contributed by atoms with Crippen LogP contribution in [0, 0.1) is 0 Å². The maximum atomic E-state index is 11.3. The third kappa shape index (κ3) is 5.00. The summed E-state index contributed by atoms with van der Waals surface area (Å²) in [4.78, 5) is 12.9. The highest BCUT2D eigenvalue weighted by Gasteiger charge is 2.24. The van der Waals surface area contributed by atoms with Gasteiger partial charge in [0, 0.05) is 6.42 Å². The molecule has 1 unspecified atom stereocenters. The number of carbonyl (C=O) groups is 1. The molecule has 5 nitrogen and oxygen atoms in total. The van der Waals surface area contributed by atoms with Crippen LogP contribution in [0.2, 0.25) is 0 Å². The van der Waals surface area contributed by atoms with Gasteiger partial charge in [0.25, 0.3) is 0 Å². The van der Waals surface area contributed by atoms with Gasteiger partial charge in [-0.3, -0.25) is 0 Å². The molecule has 22 heavy (non-hydrogen) atoms. The van der Waals surface area contributed by atoms with Gasteiger partial charge in [0.2, 0.25) is 0 Å². The molecule has 2 rings (SSSR count). The Bertz CT molecular complexity index is 464. The van der Waals surface area contributed by atoms with Crippen LogP contribution in [0.15, 0.2) is 24.3 Å². The van der Waals surface area contributed by atoms with Crippen LogP contribution in [-0.4, -0.2) is 51.5 Å². The molecule has 0 radical (unpaired) electrons. The number of hydrogen-bond donors (Lipinski definition) is 1. The number of rotatable bonds is 6. The van der Waals surface area contributed by atoms with Crippen LogP contribution in [0.1, 0.15) is 30.6 Å². The van der Waals surface area contributed by atoms with Gasteiger partial charge in [-0.2, -0.15) is 0 Å². The average Bonchev–Trinajstić information content (AvgIpc) is 2.50. The maximum absolute atomic E-state index is 11.3. The number of esters is 1. The molecule has 0 amide bonds. The summed E-state index contributed by atoms with van der Waals surface area (Å²) in [7, 11) is 1.38. The number of ether oxygens (including phenoxy) is 3. The van der Waals surface area contributed by atoms with E-state index < -0.39 is 0 Å². The van der Waals surface area contributed by atoms with Crippen molar-refractivity contribution in [1.82, 2.24) is 0 Å². The topological polar surface area (TPSA) is 49.2 Å². The molecule has 1 aliphatic heterocycles. The quantitative estimate of drug-likeness (QED) is 0.627. The molecule has 1 aromatic rings. The molecule has 0 bridgehead atoms. The van der Waals surface area contributed by atoms with Crippen molar-refractivity contribution in [3.05, 3.63) is 29.8 Å². The first-order chi connectivity index (χ1) is 10.6. The van der Waals surface area contributed by atoms with Gasteiger partial charge in [0.05, 0.1) is 25.8 Å². The van der Waals surface area contributed by atoms with E-state index in [0.717, 1.165) is 31.8 Å². The summed E-state index contributed by atoms with van der Waals surface area (Å²) in [5.41, 5.74) is 0.538. The molecule has 1 aliphatic rings. The summed E-state index contributed by atoms with van der Waals surface area (Å²) < 4.78 is 16.1. The largest absolute Gasteiger partial charge is 0.493 e. The van der Waals surface area contributed by atoms with E-state index >= 15 is 0 Å². The zero-order valence-electron chi connectivity index (χ0n) is 13.6. The lowest BCUT2D eigenvalue weighted by Gasteiger charge is -2.32. The molecule has 1 heterocycles. The first-order valence-electron chi connectivity index (χ1n) is 7.88. The molecule has 0 aliphatic carbocycles. The fourth-order valence-corrected chi connectivity index (χ4v) is 2.91. The molecule has 3 atom stereocenters. The van der Waals surface area contributed by atoms with Crippen LogP contribution >= 0.6 is 0 Å². The third-order valence-corrected chi connectivity index (χ3v) is 3.84. The molecule has 0 spiro atoms. The van der Waals surface area contributed by atoms with Crippen molar-refractivity contribution in [1.29, 1.82) is 0 Å². The summed E-state index contributed by atoms with van der Waals surface area (Å²) >= 11 is 0. The van der Waals surface area contributed by atoms with E-state index in [4.69, 9.17) is 9.47 Å². The Morgan fingerprint density at radius 3 is 2.45 bits per heavy atom. The summed E-state index contributed by atoms with van der Waals surface area (Å²) in [6.07, 6.45) is 1.68. The number of methoxy groups -OCH3 is 1. The molecule has 1 fully saturated rings. The van der Waals surface area contributed by atoms with Crippen molar-refractivity contribution < 1.29 is 23.9 Å². The van der Waals surface area contributed by atoms with Gasteiger partial charge in [0.1, 0.15) is 31.0 Å². The maximum Gasteiger partial charge on any atom is 0.337 e. The second kappa shape index (κ2) is 8.15. The monoisotopic (exact) mass is 308 g/mol. The van der Waals surface area contributed by atoms with Crippen LogP contribution in [0.5, 0.6) is 5.75 Å². The van der Waals surface area contributed by atoms with Crippen LogP contribution in [0.4, 0.5) is 0 Å². The van der Waals surface area contributed by atoms with Crippen molar-refractivity contribution in [2.45, 2.75) is 32.5 Å². The van der Waals surface area contributed by atoms with Crippen molar-refractivity contribution in [3.63, 3.8) is 0 Å². The van der Waals surface area contributed by atoms with Gasteiger partial charge in [-0.15, -0.1) is 0 Å². The zero-order chi connectivity index (χ0) is 15.9. The van der Waals surface area contributed by atoms with E-state index in [2.05, 4.69) is 18.6 Å². The molecule has 1 N–H and O–H groups in total. The molecular formula is C17H26NO4+. The Morgan fingerprint density at radius 1 is 1.23 bits per heavy atom. The van der Waals surface area contributed by atoms with Gasteiger partial charge in [0.15, 0.2) is 0 Å². The Morgan fingerprint density at radius 2 is 1.86 bits per heavy atom. The zero-order valence-corrected chi connectivity index (χ0v) is 13.6. The van der Waals surface area contributed by atoms with E-state index in [-0.39, 0.29) is 5.97 Å². The van der Waals surface area contributed by atoms with Crippen LogP contribution < -0.4 is 9.64 Å². The third-order valence-electron chi connectivity index (χ3n) is 3.84. The molecule has 1 saturated heterocycles. The van der Waals surface area contributed by atoms with Crippen molar-refractivity contribution in [3.8, 4) is 5.75 Å². The predicted octanol–water partition coefficient (Wildman–Crippen LogP) is 0.934. The standard InChI is InChI=1S/C17H25NO4/c1-13-11-18(12-14(2)22-13)9-4-10-21-16-7-5-15(6-8-16)17(19)20-3/h5-8,13-14H,4,9-12H2,1-3H3/p+1/t13-,14+. The van der Waals surface area contributed by atoms with Gasteiger partial charge in [-0.25, -0.2) is 4.79 Å². The van der Waals surface area contributed by atoms with Crippen molar-refractivity contribution in [2.24, 2.45) is 0 Å². The predicted molar refractivity (Wildman–Crippen MR) is 83.5 cm³/mol. The summed E-state index contributed by atoms with van der Waals surface area (Å²) in [5, 5.41) is 0. The van der Waals surface area contributed by atoms with Crippen LogP contribution in [0.3, 0.4) is 0 Å². The van der Waals surface area contributed by atoms with Crippen LogP contribution in [-0.2, 0) is 9.47 Å². The molecule has 122 valence electrons. The number of quaternary nitrogens is 1. The highest BCUT2D eigenvalue weighted by Crippen LogP contribution is 2.12. The summed E-state index contributed by atoms with van der Waals surface area (Å²) in [6, 6.07) is 7.05. The van der Waals surface area contributed by atoms with Crippen molar-refractivity contribution in [2.75, 3.05) is 33.4 Å². The fourth-order valence-electron chi connectivity index (χ4n) is 2.91. The minimum Gasteiger partial charge on any atom is -0.493 e. The van der Waals surface area contributed by atoms with Gasteiger partial charge in [-0.05, 0) is 38.1 Å². The highest BCUT2D eigenvalue weighted by molar-refractivity contribution is 5.89. The first kappa shape index (κ1) is 16.8. The highest BCUT2D eigenvalue weighted by atomic mass is 16.5. The minimum absolute atomic E-state index is 0.328. The summed E-state index contributed by atoms with van der Waals surface area (Å²) in [6.45, 7) is 8.18. The van der Waals surface area contributed by atoms with E-state index in [1.807, 2.05) is 0 Å². The Balaban J connectivity index is 1.69. The molecule has 0 saturated carbocycles. The lowest BCUT2D eigenvalue weighted by atomic mass is 10.2. The molecule has 5 heteroatoms. The first-order valence-corrected chi connectivity index (χ1v) is 7.88. The van der Waals surface area contributed by atoms with Gasteiger partial charge in [-0.1, -0.05) is 0 Å². The van der Waals surface area contributed by atoms with Gasteiger partial charge < -0.3 is 19.1 Å². The average molecular weight is 308 g/mol. The normalized spacial score (nSPS) is 24.8. The lowest BCUT2D eigenvalue weighted by molar-refractivity contribution is -0.915. The van der Waals surface area contributed by atoms with E-state index in [9.17, 15) is 4.79 Å². The second-order valence-electron chi connectivity index (χ2n) is 5.88. The van der Waals surface area contributed by atoms with Crippen LogP contribution in [0.25, 0.3) is 0 Å². The van der Waals surface area contributed by atoms with Gasteiger partial charge >= 0.3 is 5.97 Å². The van der Waals surface area contributed by atoms with E-state index in [1.165, 1.54) is 7.11 Å². The molecule has 0 aromatic heterocycles. The lowest BCUT2D eigenvalue weighted by Crippen LogP contribution is -3.15. The number of hydrogen-bond acceptors (Lipinski definition) is 4. The minimum atomic E-state index is -0.328. The Hall–Kier alpha value is -1.59. The Kier molecular flexibility index (Phi) is 6.21. The number of nitrogens with one attached hydrogen (secondary N) is 1. The number of benzene rings is 1. The smallest absolute Gasteiger partial charge is 0.337 e. The fraction of sp³-hybridized carbons (Fsp3) is 0.588.